The van der Waals surface area contributed by atoms with Gasteiger partial charge in [-0.05, 0) is 29.8 Å². The molecule has 0 radical (unpaired) electrons. The summed E-state index contributed by atoms with van der Waals surface area (Å²) in [5.74, 6) is -0.0538. The van der Waals surface area contributed by atoms with Gasteiger partial charge in [-0.15, -0.1) is 0 Å². The highest BCUT2D eigenvalue weighted by atomic mass is 16.1. The van der Waals surface area contributed by atoms with Crippen LogP contribution in [-0.2, 0) is 13.0 Å². The molecule has 1 aromatic carbocycles. The lowest BCUT2D eigenvalue weighted by Gasteiger charge is -2.10. The molecule has 3 aromatic rings. The van der Waals surface area contributed by atoms with Crippen LogP contribution in [-0.4, -0.2) is 22.0 Å². The fourth-order valence-corrected chi connectivity index (χ4v) is 2.48. The highest BCUT2D eigenvalue weighted by Gasteiger charge is 2.10. The van der Waals surface area contributed by atoms with Crippen LogP contribution in [0.2, 0.25) is 0 Å². The van der Waals surface area contributed by atoms with E-state index in [1.165, 1.54) is 5.56 Å². The Labute approximate surface area is 135 Å². The number of nitrogens with zero attached hydrogens (tertiary/aromatic N) is 2. The van der Waals surface area contributed by atoms with Gasteiger partial charge in [-0.3, -0.25) is 9.78 Å². The van der Waals surface area contributed by atoms with Gasteiger partial charge in [-0.25, -0.2) is 0 Å². The summed E-state index contributed by atoms with van der Waals surface area (Å²) in [5, 5.41) is 2.96. The summed E-state index contributed by atoms with van der Waals surface area (Å²) < 4.78 is 1.96. The van der Waals surface area contributed by atoms with Crippen molar-refractivity contribution in [3.8, 4) is 0 Å². The Morgan fingerprint density at radius 3 is 2.61 bits per heavy atom. The molecule has 1 N–H and O–H groups in total. The lowest BCUT2D eigenvalue weighted by Crippen LogP contribution is -2.28. The number of rotatable bonds is 6. The zero-order chi connectivity index (χ0) is 15.9. The summed E-state index contributed by atoms with van der Waals surface area (Å²) in [5.41, 5.74) is 2.83. The number of hydrogen-bond donors (Lipinski definition) is 1. The van der Waals surface area contributed by atoms with E-state index in [4.69, 9.17) is 0 Å². The van der Waals surface area contributed by atoms with Crippen molar-refractivity contribution in [1.82, 2.24) is 14.9 Å². The van der Waals surface area contributed by atoms with Gasteiger partial charge >= 0.3 is 0 Å². The molecule has 0 aliphatic rings. The number of pyridine rings is 1. The maximum atomic E-state index is 12.4. The average Bonchev–Trinajstić information content (AvgIpc) is 3.05. The van der Waals surface area contributed by atoms with Crippen molar-refractivity contribution in [2.75, 3.05) is 6.54 Å². The number of hydrogen-bond acceptors (Lipinski definition) is 2. The van der Waals surface area contributed by atoms with Gasteiger partial charge in [0.05, 0.1) is 0 Å². The quantitative estimate of drug-likeness (QED) is 0.761. The monoisotopic (exact) mass is 305 g/mol. The van der Waals surface area contributed by atoms with E-state index in [9.17, 15) is 4.79 Å². The van der Waals surface area contributed by atoms with Gasteiger partial charge < -0.3 is 9.88 Å². The van der Waals surface area contributed by atoms with Gasteiger partial charge in [-0.2, -0.15) is 0 Å². The Bertz CT molecular complexity index is 751. The Kier molecular flexibility index (Phi) is 4.84. The predicted octanol–water partition coefficient (Wildman–Crippen LogP) is 2.90. The SMILES string of the molecule is O=C(NCCc1ccccn1)c1cccn1Cc1ccccc1. The summed E-state index contributed by atoms with van der Waals surface area (Å²) in [7, 11) is 0. The van der Waals surface area contributed by atoms with E-state index in [2.05, 4.69) is 22.4 Å². The second kappa shape index (κ2) is 7.40. The van der Waals surface area contributed by atoms with E-state index in [0.29, 0.717) is 18.8 Å². The van der Waals surface area contributed by atoms with Crippen LogP contribution in [0.15, 0.2) is 73.1 Å². The van der Waals surface area contributed by atoms with Gasteiger partial charge in [0.15, 0.2) is 0 Å². The third kappa shape index (κ3) is 4.07. The van der Waals surface area contributed by atoms with Crippen LogP contribution >= 0.6 is 0 Å². The van der Waals surface area contributed by atoms with Crippen LogP contribution < -0.4 is 5.32 Å². The molecular formula is C19H19N3O. The molecule has 0 aliphatic heterocycles. The summed E-state index contributed by atoms with van der Waals surface area (Å²) >= 11 is 0. The number of aromatic nitrogens is 2. The largest absolute Gasteiger partial charge is 0.350 e. The number of amides is 1. The lowest BCUT2D eigenvalue weighted by atomic mass is 10.2. The van der Waals surface area contributed by atoms with E-state index in [1.807, 2.05) is 59.3 Å². The van der Waals surface area contributed by atoms with Crippen molar-refractivity contribution in [3.63, 3.8) is 0 Å². The lowest BCUT2D eigenvalue weighted by molar-refractivity contribution is 0.0945. The van der Waals surface area contributed by atoms with E-state index in [0.717, 1.165) is 12.1 Å². The standard InChI is InChI=1S/C19H19N3O/c23-19(21-13-11-17-9-4-5-12-20-17)18-10-6-14-22(18)15-16-7-2-1-3-8-16/h1-10,12,14H,11,13,15H2,(H,21,23). The molecule has 0 saturated heterocycles. The Morgan fingerprint density at radius 2 is 1.83 bits per heavy atom. The molecule has 0 bridgehead atoms. The number of nitrogens with one attached hydrogen (secondary N) is 1. The minimum absolute atomic E-state index is 0.0538. The highest BCUT2D eigenvalue weighted by molar-refractivity contribution is 5.92. The normalized spacial score (nSPS) is 10.4. The van der Waals surface area contributed by atoms with E-state index in [1.54, 1.807) is 6.20 Å². The van der Waals surface area contributed by atoms with E-state index < -0.39 is 0 Å². The Morgan fingerprint density at radius 1 is 1.00 bits per heavy atom. The number of benzene rings is 1. The van der Waals surface area contributed by atoms with Crippen molar-refractivity contribution in [2.24, 2.45) is 0 Å². The first-order chi connectivity index (χ1) is 11.3. The fraction of sp³-hybridized carbons (Fsp3) is 0.158. The molecule has 0 atom stereocenters. The molecule has 2 aromatic heterocycles. The van der Waals surface area contributed by atoms with Gasteiger partial charge in [0.2, 0.25) is 0 Å². The van der Waals surface area contributed by atoms with Crippen molar-refractivity contribution < 1.29 is 4.79 Å². The second-order valence-corrected chi connectivity index (χ2v) is 5.33. The number of carbonyl (C=O) groups excluding carboxylic acids is 1. The minimum Gasteiger partial charge on any atom is -0.350 e. The van der Waals surface area contributed by atoms with Crippen LogP contribution in [0.25, 0.3) is 0 Å². The minimum atomic E-state index is -0.0538. The smallest absolute Gasteiger partial charge is 0.267 e. The molecule has 1 amide bonds. The van der Waals surface area contributed by atoms with Crippen LogP contribution in [0.5, 0.6) is 0 Å². The van der Waals surface area contributed by atoms with Crippen molar-refractivity contribution >= 4 is 5.91 Å². The Balaban J connectivity index is 1.59. The summed E-state index contributed by atoms with van der Waals surface area (Å²) in [6.07, 6.45) is 4.43. The molecular weight excluding hydrogens is 286 g/mol. The average molecular weight is 305 g/mol. The predicted molar refractivity (Wildman–Crippen MR) is 90.3 cm³/mol. The summed E-state index contributed by atoms with van der Waals surface area (Å²) in [6.45, 7) is 1.27. The van der Waals surface area contributed by atoms with E-state index >= 15 is 0 Å². The van der Waals surface area contributed by atoms with Crippen molar-refractivity contribution in [3.05, 3.63) is 90.0 Å². The van der Waals surface area contributed by atoms with Gasteiger partial charge in [0.25, 0.3) is 5.91 Å². The summed E-state index contributed by atoms with van der Waals surface area (Å²) in [4.78, 5) is 16.6. The molecule has 0 saturated carbocycles. The van der Waals surface area contributed by atoms with Gasteiger partial charge in [0.1, 0.15) is 5.69 Å². The molecule has 0 spiro atoms. The van der Waals surface area contributed by atoms with Crippen LogP contribution in [0.3, 0.4) is 0 Å². The van der Waals surface area contributed by atoms with Crippen LogP contribution in [0.1, 0.15) is 21.7 Å². The number of carbonyl (C=O) groups is 1. The zero-order valence-corrected chi connectivity index (χ0v) is 12.9. The van der Waals surface area contributed by atoms with Crippen molar-refractivity contribution in [1.29, 1.82) is 0 Å². The van der Waals surface area contributed by atoms with Crippen LogP contribution in [0, 0.1) is 0 Å². The third-order valence-electron chi connectivity index (χ3n) is 3.65. The first kappa shape index (κ1) is 15.0. The summed E-state index contributed by atoms with van der Waals surface area (Å²) in [6, 6.07) is 19.7. The molecule has 0 unspecified atom stereocenters. The molecule has 116 valence electrons. The maximum Gasteiger partial charge on any atom is 0.267 e. The molecule has 0 aliphatic carbocycles. The third-order valence-corrected chi connectivity index (χ3v) is 3.65. The molecule has 3 rings (SSSR count). The van der Waals surface area contributed by atoms with Gasteiger partial charge in [0, 0.05) is 37.6 Å². The zero-order valence-electron chi connectivity index (χ0n) is 12.9. The molecule has 2 heterocycles. The molecule has 4 nitrogen and oxygen atoms in total. The first-order valence-corrected chi connectivity index (χ1v) is 7.70. The van der Waals surface area contributed by atoms with E-state index in [-0.39, 0.29) is 5.91 Å². The Hall–Kier alpha value is -2.88. The maximum absolute atomic E-state index is 12.4. The second-order valence-electron chi connectivity index (χ2n) is 5.33. The van der Waals surface area contributed by atoms with Crippen molar-refractivity contribution in [2.45, 2.75) is 13.0 Å². The molecule has 23 heavy (non-hydrogen) atoms. The van der Waals surface area contributed by atoms with Crippen LogP contribution in [0.4, 0.5) is 0 Å². The molecule has 0 fully saturated rings. The fourth-order valence-electron chi connectivity index (χ4n) is 2.48. The topological polar surface area (TPSA) is 46.9 Å². The first-order valence-electron chi connectivity index (χ1n) is 7.70. The highest BCUT2D eigenvalue weighted by Crippen LogP contribution is 2.08. The molecule has 4 heteroatoms. The van der Waals surface area contributed by atoms with Gasteiger partial charge in [-0.1, -0.05) is 36.4 Å².